The van der Waals surface area contributed by atoms with Crippen molar-refractivity contribution >= 4 is 15.9 Å². The highest BCUT2D eigenvalue weighted by molar-refractivity contribution is 7.89. The topological polar surface area (TPSA) is 57.7 Å². The van der Waals surface area contributed by atoms with Gasteiger partial charge < -0.3 is 4.90 Å². The van der Waals surface area contributed by atoms with Gasteiger partial charge in [-0.25, -0.2) is 12.8 Å². The number of hydrogen-bond acceptors (Lipinski definition) is 3. The number of rotatable bonds is 5. The second-order valence-corrected chi connectivity index (χ2v) is 9.65. The molecule has 25 heavy (non-hydrogen) atoms. The van der Waals surface area contributed by atoms with Gasteiger partial charge in [-0.15, -0.1) is 0 Å². The largest absolute Gasteiger partial charge is 0.334 e. The maximum atomic E-state index is 13.1. The van der Waals surface area contributed by atoms with Crippen LogP contribution in [-0.4, -0.2) is 47.9 Å². The van der Waals surface area contributed by atoms with Gasteiger partial charge in [0.2, 0.25) is 15.9 Å². The number of carbonyl (C=O) groups is 1. The number of nitrogens with zero attached hydrogens (tertiary/aromatic N) is 2. The number of halogens is 1. The summed E-state index contributed by atoms with van der Waals surface area (Å²) in [5.41, 5.74) is 0.834. The predicted molar refractivity (Wildman–Crippen MR) is 95.8 cm³/mol. The van der Waals surface area contributed by atoms with Crippen LogP contribution in [0.5, 0.6) is 0 Å². The van der Waals surface area contributed by atoms with Crippen LogP contribution in [0.3, 0.4) is 0 Å². The van der Waals surface area contributed by atoms with Crippen molar-refractivity contribution in [3.05, 3.63) is 35.6 Å². The van der Waals surface area contributed by atoms with E-state index in [1.807, 2.05) is 13.8 Å². The molecule has 1 atom stereocenters. The van der Waals surface area contributed by atoms with E-state index in [9.17, 15) is 17.6 Å². The molecular formula is C18H27FN2O3S. The summed E-state index contributed by atoms with van der Waals surface area (Å²) in [5, 5.41) is -0.515. The monoisotopic (exact) mass is 370 g/mol. The van der Waals surface area contributed by atoms with E-state index >= 15 is 0 Å². The summed E-state index contributed by atoms with van der Waals surface area (Å²) in [6, 6.07) is 5.85. The lowest BCUT2D eigenvalue weighted by molar-refractivity contribution is -0.134. The summed E-state index contributed by atoms with van der Waals surface area (Å²) >= 11 is 0. The number of hydrogen-bond donors (Lipinski definition) is 0. The van der Waals surface area contributed by atoms with E-state index in [0.29, 0.717) is 13.1 Å². The van der Waals surface area contributed by atoms with Crippen molar-refractivity contribution in [3.63, 3.8) is 0 Å². The Hall–Kier alpha value is -1.47. The van der Waals surface area contributed by atoms with Crippen molar-refractivity contribution in [2.75, 3.05) is 13.1 Å². The molecule has 1 saturated heterocycles. The molecule has 0 bridgehead atoms. The standard InChI is InChI=1S/C18H27FN2O3S/c1-13(2)17-12-20(25(23,24)14(3)4)10-9-18(22)21(17)11-15-5-7-16(19)8-6-15/h5-8,13-14,17H,9-12H2,1-4H3/t17-/m1/s1. The van der Waals surface area contributed by atoms with E-state index in [-0.39, 0.29) is 36.6 Å². The van der Waals surface area contributed by atoms with Crippen LogP contribution in [0.2, 0.25) is 0 Å². The van der Waals surface area contributed by atoms with Crippen LogP contribution in [0.25, 0.3) is 0 Å². The van der Waals surface area contributed by atoms with Crippen molar-refractivity contribution in [1.82, 2.24) is 9.21 Å². The fraction of sp³-hybridized carbons (Fsp3) is 0.611. The zero-order valence-electron chi connectivity index (χ0n) is 15.3. The molecule has 1 amide bonds. The average Bonchev–Trinajstić information content (AvgIpc) is 2.70. The highest BCUT2D eigenvalue weighted by Gasteiger charge is 2.37. The first-order valence-electron chi connectivity index (χ1n) is 8.65. The van der Waals surface area contributed by atoms with Crippen LogP contribution in [0.1, 0.15) is 39.7 Å². The summed E-state index contributed by atoms with van der Waals surface area (Å²) in [6.07, 6.45) is 0.163. The van der Waals surface area contributed by atoms with Gasteiger partial charge in [-0.05, 0) is 37.5 Å². The van der Waals surface area contributed by atoms with Gasteiger partial charge in [0, 0.05) is 32.1 Å². The first-order valence-corrected chi connectivity index (χ1v) is 10.2. The van der Waals surface area contributed by atoms with E-state index in [4.69, 9.17) is 0 Å². The smallest absolute Gasteiger partial charge is 0.224 e. The van der Waals surface area contributed by atoms with Crippen LogP contribution in [0.15, 0.2) is 24.3 Å². The molecular weight excluding hydrogens is 343 g/mol. The van der Waals surface area contributed by atoms with Gasteiger partial charge in [-0.2, -0.15) is 4.31 Å². The molecule has 2 rings (SSSR count). The Kier molecular flexibility index (Phi) is 6.21. The summed E-state index contributed by atoms with van der Waals surface area (Å²) in [6.45, 7) is 8.15. The molecule has 0 spiro atoms. The van der Waals surface area contributed by atoms with Crippen molar-refractivity contribution < 1.29 is 17.6 Å². The zero-order chi connectivity index (χ0) is 18.8. The molecule has 0 aliphatic carbocycles. The lowest BCUT2D eigenvalue weighted by Crippen LogP contribution is -2.48. The van der Waals surface area contributed by atoms with Gasteiger partial charge in [-0.1, -0.05) is 26.0 Å². The molecule has 7 heteroatoms. The molecule has 0 aromatic heterocycles. The average molecular weight is 370 g/mol. The van der Waals surface area contributed by atoms with E-state index in [2.05, 4.69) is 0 Å². The van der Waals surface area contributed by atoms with E-state index < -0.39 is 15.3 Å². The van der Waals surface area contributed by atoms with Crippen molar-refractivity contribution in [1.29, 1.82) is 0 Å². The fourth-order valence-corrected chi connectivity index (χ4v) is 4.34. The van der Waals surface area contributed by atoms with Crippen molar-refractivity contribution in [3.8, 4) is 0 Å². The summed E-state index contributed by atoms with van der Waals surface area (Å²) in [7, 11) is -3.41. The summed E-state index contributed by atoms with van der Waals surface area (Å²) in [4.78, 5) is 14.4. The molecule has 0 saturated carbocycles. The van der Waals surface area contributed by atoms with Gasteiger partial charge in [-0.3, -0.25) is 4.79 Å². The minimum atomic E-state index is -3.41. The van der Waals surface area contributed by atoms with E-state index in [1.54, 1.807) is 30.9 Å². The number of benzene rings is 1. The molecule has 1 aliphatic rings. The Balaban J connectivity index is 2.29. The molecule has 140 valence electrons. The summed E-state index contributed by atoms with van der Waals surface area (Å²) < 4.78 is 39.7. The molecule has 0 unspecified atom stereocenters. The zero-order valence-corrected chi connectivity index (χ0v) is 16.1. The third kappa shape index (κ3) is 4.58. The Bertz CT molecular complexity index is 702. The molecule has 0 N–H and O–H groups in total. The Morgan fingerprint density at radius 2 is 1.76 bits per heavy atom. The van der Waals surface area contributed by atoms with Gasteiger partial charge in [0.1, 0.15) is 5.82 Å². The minimum Gasteiger partial charge on any atom is -0.334 e. The quantitative estimate of drug-likeness (QED) is 0.801. The van der Waals surface area contributed by atoms with Gasteiger partial charge in [0.25, 0.3) is 0 Å². The Morgan fingerprint density at radius 3 is 2.28 bits per heavy atom. The van der Waals surface area contributed by atoms with E-state index in [0.717, 1.165) is 5.56 Å². The number of sulfonamides is 1. The first kappa shape index (κ1) is 19.8. The minimum absolute atomic E-state index is 0.0653. The third-order valence-corrected chi connectivity index (χ3v) is 6.92. The van der Waals surface area contributed by atoms with Crippen molar-refractivity contribution in [2.24, 2.45) is 5.92 Å². The van der Waals surface area contributed by atoms with Crippen LogP contribution in [-0.2, 0) is 21.4 Å². The molecule has 0 radical (unpaired) electrons. The van der Waals surface area contributed by atoms with E-state index in [1.165, 1.54) is 16.4 Å². The molecule has 5 nitrogen and oxygen atoms in total. The first-order chi connectivity index (χ1) is 11.6. The van der Waals surface area contributed by atoms with Crippen molar-refractivity contribution in [2.45, 2.75) is 52.0 Å². The predicted octanol–water partition coefficient (Wildman–Crippen LogP) is 2.62. The molecule has 1 aromatic carbocycles. The molecule has 1 fully saturated rings. The molecule has 1 aromatic rings. The lowest BCUT2D eigenvalue weighted by Gasteiger charge is -2.35. The maximum Gasteiger partial charge on any atom is 0.224 e. The molecule has 1 aliphatic heterocycles. The summed E-state index contributed by atoms with van der Waals surface area (Å²) in [5.74, 6) is -0.280. The Morgan fingerprint density at radius 1 is 1.16 bits per heavy atom. The maximum absolute atomic E-state index is 13.1. The second kappa shape index (κ2) is 7.83. The van der Waals surface area contributed by atoms with Crippen LogP contribution in [0.4, 0.5) is 4.39 Å². The third-order valence-electron chi connectivity index (χ3n) is 4.68. The van der Waals surface area contributed by atoms with Gasteiger partial charge in [0.15, 0.2) is 0 Å². The highest BCUT2D eigenvalue weighted by Crippen LogP contribution is 2.23. The normalized spacial score (nSPS) is 20.4. The lowest BCUT2D eigenvalue weighted by atomic mass is 10.0. The van der Waals surface area contributed by atoms with Crippen LogP contribution in [0, 0.1) is 11.7 Å². The highest BCUT2D eigenvalue weighted by atomic mass is 32.2. The Labute approximate surface area is 149 Å². The number of amides is 1. The van der Waals surface area contributed by atoms with Crippen LogP contribution >= 0.6 is 0 Å². The fourth-order valence-electron chi connectivity index (χ4n) is 3.04. The van der Waals surface area contributed by atoms with Gasteiger partial charge in [0.05, 0.1) is 5.25 Å². The second-order valence-electron chi connectivity index (χ2n) is 7.16. The number of carbonyl (C=O) groups excluding carboxylic acids is 1. The van der Waals surface area contributed by atoms with Crippen LogP contribution < -0.4 is 0 Å². The molecule has 1 heterocycles. The van der Waals surface area contributed by atoms with Gasteiger partial charge >= 0.3 is 0 Å². The SMILES string of the molecule is CC(C)[C@H]1CN(S(=O)(=O)C(C)C)CCC(=O)N1Cc1ccc(F)cc1.